The summed E-state index contributed by atoms with van der Waals surface area (Å²) in [6.07, 6.45) is 2.85. The number of carbonyl (C=O) groups is 1. The number of allylic oxidation sites excluding steroid dienone is 1. The second kappa shape index (κ2) is 8.46. The van der Waals surface area contributed by atoms with Crippen LogP contribution in [0.25, 0.3) is 5.70 Å². The van der Waals surface area contributed by atoms with E-state index in [1.165, 1.54) is 0 Å². The predicted molar refractivity (Wildman–Crippen MR) is 117 cm³/mol. The number of carbonyl (C=O) groups excluding carboxylic acids is 1. The average molecular weight is 412 g/mol. The van der Waals surface area contributed by atoms with Crippen LogP contribution in [-0.2, 0) is 0 Å². The Balaban J connectivity index is 1.70. The number of ketones is 1. The average Bonchev–Trinajstić information content (AvgIpc) is 3.01. The summed E-state index contributed by atoms with van der Waals surface area (Å²) in [4.78, 5) is 15.7. The summed E-state index contributed by atoms with van der Waals surface area (Å²) < 4.78 is 5.70. The lowest BCUT2D eigenvalue weighted by Crippen LogP contribution is -2.19. The number of hydrogen-bond donors (Lipinski definition) is 0. The molecule has 0 saturated heterocycles. The molecule has 0 aromatic heterocycles. The number of ether oxygens (including phenoxy) is 1. The van der Waals surface area contributed by atoms with Crippen LogP contribution in [-0.4, -0.2) is 23.8 Å². The van der Waals surface area contributed by atoms with Crippen molar-refractivity contribution in [1.82, 2.24) is 4.90 Å². The molecule has 28 heavy (non-hydrogen) atoms. The third kappa shape index (κ3) is 3.71. The fourth-order valence-corrected chi connectivity index (χ4v) is 4.90. The Morgan fingerprint density at radius 1 is 1.14 bits per heavy atom. The largest absolute Gasteiger partial charge is 0.493 e. The van der Waals surface area contributed by atoms with Gasteiger partial charge >= 0.3 is 0 Å². The van der Waals surface area contributed by atoms with Gasteiger partial charge in [-0.2, -0.15) is 0 Å². The summed E-state index contributed by atoms with van der Waals surface area (Å²) in [7, 11) is 0. The number of fused-ring (bicyclic) bond motifs is 1. The van der Waals surface area contributed by atoms with Crippen LogP contribution in [0, 0.1) is 0 Å². The molecular formula is C23H22ClNO2S. The number of Topliss-reactive ketones (excluding diaryl/α,β-unsaturated/α-hetero) is 1. The van der Waals surface area contributed by atoms with E-state index in [9.17, 15) is 4.79 Å². The normalized spacial score (nSPS) is 16.5. The van der Waals surface area contributed by atoms with Crippen molar-refractivity contribution < 1.29 is 9.53 Å². The molecule has 0 radical (unpaired) electrons. The van der Waals surface area contributed by atoms with Gasteiger partial charge in [-0.1, -0.05) is 47.6 Å². The number of nitrogens with zero attached hydrogens (tertiary/aromatic N) is 1. The molecule has 0 spiro atoms. The van der Waals surface area contributed by atoms with E-state index in [0.29, 0.717) is 17.9 Å². The highest BCUT2D eigenvalue weighted by Crippen LogP contribution is 2.44. The molecule has 3 nitrogen and oxygen atoms in total. The molecule has 5 heteroatoms. The lowest BCUT2D eigenvalue weighted by molar-refractivity contribution is 0.102. The van der Waals surface area contributed by atoms with Crippen LogP contribution in [0.3, 0.4) is 0 Å². The van der Waals surface area contributed by atoms with E-state index in [0.717, 1.165) is 52.7 Å². The zero-order valence-electron chi connectivity index (χ0n) is 15.8. The van der Waals surface area contributed by atoms with E-state index in [-0.39, 0.29) is 5.78 Å². The summed E-state index contributed by atoms with van der Waals surface area (Å²) in [5, 5.41) is 3.93. The zero-order valence-corrected chi connectivity index (χ0v) is 17.4. The Labute approximate surface area is 175 Å². The minimum atomic E-state index is 0.0733. The lowest BCUT2D eigenvalue weighted by Gasteiger charge is -2.23. The molecule has 0 N–H and O–H groups in total. The van der Waals surface area contributed by atoms with Crippen molar-refractivity contribution in [1.29, 1.82) is 0 Å². The molecule has 144 valence electrons. The van der Waals surface area contributed by atoms with E-state index in [1.54, 1.807) is 11.8 Å². The predicted octanol–water partition coefficient (Wildman–Crippen LogP) is 6.36. The first-order valence-corrected chi connectivity index (χ1v) is 10.8. The van der Waals surface area contributed by atoms with Gasteiger partial charge in [0, 0.05) is 22.5 Å². The quantitative estimate of drug-likeness (QED) is 0.535. The topological polar surface area (TPSA) is 29.5 Å². The maximum atomic E-state index is 13.5. The van der Waals surface area contributed by atoms with Crippen LogP contribution in [0.4, 0.5) is 0 Å². The number of halogens is 1. The summed E-state index contributed by atoms with van der Waals surface area (Å²) in [6, 6.07) is 15.4. The number of para-hydroxylation sites is 1. The maximum Gasteiger partial charge on any atom is 0.195 e. The highest BCUT2D eigenvalue weighted by Gasteiger charge is 2.31. The van der Waals surface area contributed by atoms with Crippen LogP contribution < -0.4 is 4.74 Å². The van der Waals surface area contributed by atoms with Crippen molar-refractivity contribution in [3.05, 3.63) is 80.7 Å². The first kappa shape index (κ1) is 19.2. The minimum Gasteiger partial charge on any atom is -0.493 e. The van der Waals surface area contributed by atoms with Crippen molar-refractivity contribution in [2.45, 2.75) is 26.2 Å². The summed E-state index contributed by atoms with van der Waals surface area (Å²) >= 11 is 7.70. The SMILES string of the molecule is CCOc1ccccc1C(=O)C1=C2SC=C(c3ccc(Cl)cc3)N2CCCC1. The van der Waals surface area contributed by atoms with Crippen LogP contribution in [0.15, 0.2) is 64.5 Å². The molecule has 0 aliphatic carbocycles. The van der Waals surface area contributed by atoms with Crippen LogP contribution >= 0.6 is 23.4 Å². The van der Waals surface area contributed by atoms with E-state index < -0.39 is 0 Å². The van der Waals surface area contributed by atoms with Gasteiger partial charge in [-0.25, -0.2) is 0 Å². The number of hydrogen-bond acceptors (Lipinski definition) is 4. The first-order valence-electron chi connectivity index (χ1n) is 9.59. The van der Waals surface area contributed by atoms with Gasteiger partial charge in [-0.3, -0.25) is 4.79 Å². The molecule has 2 aliphatic heterocycles. The zero-order chi connectivity index (χ0) is 19.5. The molecule has 2 aromatic rings. The van der Waals surface area contributed by atoms with Gasteiger partial charge in [0.05, 0.1) is 22.9 Å². The summed E-state index contributed by atoms with van der Waals surface area (Å²) in [5.74, 6) is 0.733. The van der Waals surface area contributed by atoms with E-state index in [2.05, 4.69) is 10.3 Å². The maximum absolute atomic E-state index is 13.5. The second-order valence-corrected chi connectivity index (χ2v) is 8.07. The van der Waals surface area contributed by atoms with Crippen molar-refractivity contribution >= 4 is 34.8 Å². The summed E-state index contributed by atoms with van der Waals surface area (Å²) in [5.41, 5.74) is 3.79. The minimum absolute atomic E-state index is 0.0733. The highest BCUT2D eigenvalue weighted by atomic mass is 35.5. The molecule has 4 rings (SSSR count). The summed E-state index contributed by atoms with van der Waals surface area (Å²) in [6.45, 7) is 3.39. The first-order chi connectivity index (χ1) is 13.7. The molecule has 2 aromatic carbocycles. The van der Waals surface area contributed by atoms with Crippen molar-refractivity contribution in [3.63, 3.8) is 0 Å². The van der Waals surface area contributed by atoms with Crippen LogP contribution in [0.1, 0.15) is 42.1 Å². The van der Waals surface area contributed by atoms with Crippen molar-refractivity contribution in [2.24, 2.45) is 0 Å². The van der Waals surface area contributed by atoms with Gasteiger partial charge in [0.2, 0.25) is 0 Å². The highest BCUT2D eigenvalue weighted by molar-refractivity contribution is 8.06. The lowest BCUT2D eigenvalue weighted by atomic mass is 9.99. The molecule has 0 bridgehead atoms. The Hall–Kier alpha value is -2.17. The van der Waals surface area contributed by atoms with E-state index in [1.807, 2.05) is 55.5 Å². The van der Waals surface area contributed by atoms with Gasteiger partial charge in [-0.15, -0.1) is 0 Å². The Bertz CT molecular complexity index is 949. The Morgan fingerprint density at radius 2 is 1.93 bits per heavy atom. The molecule has 0 fully saturated rings. The molecule has 0 atom stereocenters. The smallest absolute Gasteiger partial charge is 0.195 e. The van der Waals surface area contributed by atoms with Crippen molar-refractivity contribution in [2.75, 3.05) is 13.2 Å². The Morgan fingerprint density at radius 3 is 2.71 bits per heavy atom. The number of benzene rings is 2. The molecule has 2 aliphatic rings. The third-order valence-electron chi connectivity index (χ3n) is 4.98. The second-order valence-electron chi connectivity index (χ2n) is 6.78. The van der Waals surface area contributed by atoms with Gasteiger partial charge in [-0.05, 0) is 56.0 Å². The molecule has 0 amide bonds. The van der Waals surface area contributed by atoms with Gasteiger partial charge in [0.25, 0.3) is 0 Å². The van der Waals surface area contributed by atoms with E-state index in [4.69, 9.17) is 16.3 Å². The Kier molecular flexibility index (Phi) is 5.79. The number of rotatable bonds is 5. The number of thioether (sulfide) groups is 1. The van der Waals surface area contributed by atoms with Crippen LogP contribution in [0.5, 0.6) is 5.75 Å². The van der Waals surface area contributed by atoms with Gasteiger partial charge in [0.1, 0.15) is 5.75 Å². The molecular weight excluding hydrogens is 390 g/mol. The van der Waals surface area contributed by atoms with Gasteiger partial charge in [0.15, 0.2) is 5.78 Å². The van der Waals surface area contributed by atoms with Crippen LogP contribution in [0.2, 0.25) is 5.02 Å². The fourth-order valence-electron chi connectivity index (χ4n) is 3.64. The van der Waals surface area contributed by atoms with E-state index >= 15 is 0 Å². The van der Waals surface area contributed by atoms with Gasteiger partial charge < -0.3 is 9.64 Å². The van der Waals surface area contributed by atoms with Crippen molar-refractivity contribution in [3.8, 4) is 5.75 Å². The molecule has 2 heterocycles. The fraction of sp³-hybridized carbons (Fsp3) is 0.261. The standard InChI is InChI=1S/C23H22ClNO2S/c1-2-27-21-9-4-3-7-18(21)22(26)19-8-5-6-14-25-20(15-28-23(19)25)16-10-12-17(24)13-11-16/h3-4,7,9-13,15H,2,5-6,8,14H2,1H3. The molecule has 0 saturated carbocycles. The molecule has 0 unspecified atom stereocenters. The monoisotopic (exact) mass is 411 g/mol. The third-order valence-corrected chi connectivity index (χ3v) is 6.26.